The molecule has 0 spiro atoms. The number of benzene rings is 6. The Kier molecular flexibility index (Phi) is 6.68. The molecule has 0 aliphatic heterocycles. The van der Waals surface area contributed by atoms with Gasteiger partial charge in [0.15, 0.2) is 17.5 Å². The van der Waals surface area contributed by atoms with Gasteiger partial charge in [0.1, 0.15) is 0 Å². The lowest BCUT2D eigenvalue weighted by Gasteiger charge is -2.14. The average molecular weight is 615 g/mol. The molecule has 0 aliphatic carbocycles. The van der Waals surface area contributed by atoms with Crippen LogP contribution in [-0.4, -0.2) is 29.9 Å². The largest absolute Gasteiger partial charge is 0.256 e. The molecular formula is C42H26N6. The molecule has 0 fully saturated rings. The number of pyridine rings is 1. The van der Waals surface area contributed by atoms with Crippen molar-refractivity contribution in [2.24, 2.45) is 0 Å². The highest BCUT2D eigenvalue weighted by Gasteiger charge is 2.17. The smallest absolute Gasteiger partial charge is 0.164 e. The van der Waals surface area contributed by atoms with Gasteiger partial charge in [0, 0.05) is 46.2 Å². The second-order valence-corrected chi connectivity index (χ2v) is 11.6. The second kappa shape index (κ2) is 11.6. The van der Waals surface area contributed by atoms with Crippen LogP contribution in [0.4, 0.5) is 0 Å². The van der Waals surface area contributed by atoms with Crippen LogP contribution in [0.5, 0.6) is 0 Å². The minimum Gasteiger partial charge on any atom is -0.256 e. The molecule has 0 radical (unpaired) electrons. The van der Waals surface area contributed by atoms with Crippen LogP contribution in [0.3, 0.4) is 0 Å². The summed E-state index contributed by atoms with van der Waals surface area (Å²) in [7, 11) is 0. The highest BCUT2D eigenvalue weighted by atomic mass is 15.0. The first kappa shape index (κ1) is 27.6. The highest BCUT2D eigenvalue weighted by Crippen LogP contribution is 2.38. The van der Waals surface area contributed by atoms with Gasteiger partial charge in [-0.25, -0.2) is 15.0 Å². The van der Waals surface area contributed by atoms with Crippen LogP contribution in [0, 0.1) is 0 Å². The minimum atomic E-state index is 0.587. The van der Waals surface area contributed by atoms with Gasteiger partial charge >= 0.3 is 0 Å². The summed E-state index contributed by atoms with van der Waals surface area (Å²) < 4.78 is 0. The molecule has 9 aromatic rings. The minimum absolute atomic E-state index is 0.587. The highest BCUT2D eigenvalue weighted by molar-refractivity contribution is 6.09. The molecule has 0 atom stereocenters. The number of aromatic nitrogens is 6. The van der Waals surface area contributed by atoms with Crippen LogP contribution in [0.25, 0.3) is 89.1 Å². The molecule has 0 aliphatic rings. The Morgan fingerprint density at radius 3 is 1.69 bits per heavy atom. The molecule has 3 aromatic heterocycles. The van der Waals surface area contributed by atoms with E-state index in [-0.39, 0.29) is 0 Å². The molecule has 3 heterocycles. The first-order chi connectivity index (χ1) is 23.8. The molecule has 0 amide bonds. The number of rotatable bonds is 5. The Labute approximate surface area is 276 Å². The number of hydrogen-bond acceptors (Lipinski definition) is 6. The Morgan fingerprint density at radius 1 is 0.333 bits per heavy atom. The van der Waals surface area contributed by atoms with E-state index in [2.05, 4.69) is 82.8 Å². The van der Waals surface area contributed by atoms with Crippen LogP contribution < -0.4 is 0 Å². The van der Waals surface area contributed by atoms with Crippen LogP contribution in [0.2, 0.25) is 0 Å². The van der Waals surface area contributed by atoms with Crippen LogP contribution in [0.15, 0.2) is 158 Å². The van der Waals surface area contributed by atoms with Crippen molar-refractivity contribution in [3.05, 3.63) is 158 Å². The van der Waals surface area contributed by atoms with Gasteiger partial charge in [-0.3, -0.25) is 15.0 Å². The molecule has 9 rings (SSSR count). The first-order valence-electron chi connectivity index (χ1n) is 15.8. The van der Waals surface area contributed by atoms with Gasteiger partial charge in [-0.05, 0) is 69.9 Å². The van der Waals surface area contributed by atoms with Gasteiger partial charge in [-0.15, -0.1) is 0 Å². The lowest BCUT2D eigenvalue weighted by atomic mass is 9.93. The molecule has 0 saturated heterocycles. The van der Waals surface area contributed by atoms with E-state index in [9.17, 15) is 0 Å². The van der Waals surface area contributed by atoms with Gasteiger partial charge in [0.2, 0.25) is 0 Å². The van der Waals surface area contributed by atoms with Crippen molar-refractivity contribution in [1.29, 1.82) is 0 Å². The van der Waals surface area contributed by atoms with E-state index in [1.807, 2.05) is 72.9 Å². The van der Waals surface area contributed by atoms with Crippen LogP contribution in [-0.2, 0) is 0 Å². The van der Waals surface area contributed by atoms with Crippen molar-refractivity contribution in [3.63, 3.8) is 0 Å². The van der Waals surface area contributed by atoms with Crippen molar-refractivity contribution in [3.8, 4) is 56.4 Å². The number of fused-ring (bicyclic) bond motifs is 4. The molecule has 0 saturated carbocycles. The molecule has 0 N–H and O–H groups in total. The summed E-state index contributed by atoms with van der Waals surface area (Å²) in [5.74, 6) is 1.82. The summed E-state index contributed by atoms with van der Waals surface area (Å²) >= 11 is 0. The summed E-state index contributed by atoms with van der Waals surface area (Å²) in [6.45, 7) is 0. The summed E-state index contributed by atoms with van der Waals surface area (Å²) in [6.07, 6.45) is 5.28. The summed E-state index contributed by atoms with van der Waals surface area (Å²) in [6, 6.07) is 47.7. The summed E-state index contributed by atoms with van der Waals surface area (Å²) in [5, 5.41) is 3.32. The van der Waals surface area contributed by atoms with Crippen LogP contribution >= 0.6 is 0 Å². The fourth-order valence-electron chi connectivity index (χ4n) is 6.28. The van der Waals surface area contributed by atoms with E-state index in [0.717, 1.165) is 60.9 Å². The topological polar surface area (TPSA) is 77.3 Å². The SMILES string of the molecule is c1ccc(-c2nc(-c3ccccc3)nc(-c3cc(-c4ccc5ccccc5c4)cc(-c4cc5nccnc5c5cccnc45)c3)n2)cc1. The molecule has 0 bridgehead atoms. The van der Waals surface area contributed by atoms with Crippen molar-refractivity contribution in [2.45, 2.75) is 0 Å². The molecule has 6 heteroatoms. The monoisotopic (exact) mass is 614 g/mol. The quantitative estimate of drug-likeness (QED) is 0.180. The molecule has 0 unspecified atom stereocenters. The van der Waals surface area contributed by atoms with E-state index in [4.69, 9.17) is 19.9 Å². The molecule has 224 valence electrons. The standard InChI is InChI=1S/C42H26N6/c1-3-11-28(12-4-1)40-46-41(29-13-5-2-6-14-29)48-42(47-40)34-24-32(31-18-17-27-10-7-8-15-30(27)22-31)23-33(25-34)36-26-37-39(45-21-20-43-37)35-16-9-19-44-38(35)36/h1-26H. The third kappa shape index (κ3) is 5.02. The maximum atomic E-state index is 5.07. The van der Waals surface area contributed by atoms with E-state index >= 15 is 0 Å². The van der Waals surface area contributed by atoms with E-state index in [1.54, 1.807) is 12.4 Å². The van der Waals surface area contributed by atoms with Gasteiger partial charge in [0.05, 0.1) is 16.6 Å². The molecule has 6 nitrogen and oxygen atoms in total. The lowest BCUT2D eigenvalue weighted by Crippen LogP contribution is -2.00. The predicted molar refractivity (Wildman–Crippen MR) is 193 cm³/mol. The van der Waals surface area contributed by atoms with Gasteiger partial charge in [-0.1, -0.05) is 97.1 Å². The van der Waals surface area contributed by atoms with E-state index in [0.29, 0.717) is 17.5 Å². The molecule has 6 aromatic carbocycles. The van der Waals surface area contributed by atoms with Crippen molar-refractivity contribution >= 4 is 32.7 Å². The Bertz CT molecular complexity index is 2560. The zero-order valence-corrected chi connectivity index (χ0v) is 25.7. The lowest BCUT2D eigenvalue weighted by molar-refractivity contribution is 1.07. The van der Waals surface area contributed by atoms with Gasteiger partial charge in [-0.2, -0.15) is 0 Å². The summed E-state index contributed by atoms with van der Waals surface area (Å²) in [4.78, 5) is 29.2. The molecule has 48 heavy (non-hydrogen) atoms. The average Bonchev–Trinajstić information content (AvgIpc) is 3.17. The van der Waals surface area contributed by atoms with Crippen LogP contribution in [0.1, 0.15) is 0 Å². The maximum Gasteiger partial charge on any atom is 0.164 e. The Balaban J connectivity index is 1.33. The maximum absolute atomic E-state index is 5.07. The Hall–Kier alpha value is -6.66. The van der Waals surface area contributed by atoms with Crippen molar-refractivity contribution < 1.29 is 0 Å². The third-order valence-electron chi connectivity index (χ3n) is 8.61. The second-order valence-electron chi connectivity index (χ2n) is 11.6. The predicted octanol–water partition coefficient (Wildman–Crippen LogP) is 9.85. The Morgan fingerprint density at radius 2 is 0.938 bits per heavy atom. The number of hydrogen-bond donors (Lipinski definition) is 0. The fourth-order valence-corrected chi connectivity index (χ4v) is 6.28. The first-order valence-corrected chi connectivity index (χ1v) is 15.8. The van der Waals surface area contributed by atoms with E-state index in [1.165, 1.54) is 10.8 Å². The normalized spacial score (nSPS) is 11.3. The molecular weight excluding hydrogens is 589 g/mol. The van der Waals surface area contributed by atoms with Crippen molar-refractivity contribution in [1.82, 2.24) is 29.9 Å². The van der Waals surface area contributed by atoms with Crippen molar-refractivity contribution in [2.75, 3.05) is 0 Å². The van der Waals surface area contributed by atoms with E-state index < -0.39 is 0 Å². The number of nitrogens with zero attached hydrogens (tertiary/aromatic N) is 6. The third-order valence-corrected chi connectivity index (χ3v) is 8.61. The van der Waals surface area contributed by atoms with Gasteiger partial charge < -0.3 is 0 Å². The zero-order chi connectivity index (χ0) is 31.9. The fraction of sp³-hybridized carbons (Fsp3) is 0. The van der Waals surface area contributed by atoms with Gasteiger partial charge in [0.25, 0.3) is 0 Å². The zero-order valence-electron chi connectivity index (χ0n) is 25.7. The summed E-state index contributed by atoms with van der Waals surface area (Å²) in [5.41, 5.74) is 9.29.